The highest BCUT2D eigenvalue weighted by Gasteiger charge is 2.44. The predicted octanol–water partition coefficient (Wildman–Crippen LogP) is -13.5. The lowest BCUT2D eigenvalue weighted by Gasteiger charge is -2.30. The number of hydrogen-bond donors (Lipinski definition) is 32. The van der Waals surface area contributed by atoms with Crippen LogP contribution in [0.2, 0.25) is 0 Å². The first-order chi connectivity index (χ1) is 63.4. The molecule has 0 unspecified atom stereocenters. The second-order valence-corrected chi connectivity index (χ2v) is 34.1. The Hall–Kier alpha value is -12.8. The molecule has 35 N–H and O–H groups in total. The maximum absolute atomic E-state index is 14.1. The van der Waals surface area contributed by atoms with Gasteiger partial charge in [0.05, 0.1) is 51.4 Å². The summed E-state index contributed by atoms with van der Waals surface area (Å²) >= 11 is 3.88. The van der Waals surface area contributed by atoms with E-state index in [1.807, 2.05) is 0 Å². The van der Waals surface area contributed by atoms with E-state index >= 15 is 0 Å². The number of guanidine groups is 1. The lowest BCUT2D eigenvalue weighted by Crippen LogP contribution is -2.62. The highest BCUT2D eigenvalue weighted by molar-refractivity contribution is 7.80. The standard InChI is InChI=1S/C80H136N24O31S/c1-13-36(8)60(76(131)96-46(26-54(82)111)69(124)100-51(32-136)79(134)135)102-77(132)61(40(12)109)103-63(118)38(10)88-65(120)41(16-14-22-86-80(84)85)91-66(121)42(19-21-56(113)114)90-55(112)28-87-64(119)44(24-33(2)3)93-72(127)49(30-106)98-75(130)59(35(6)7)101-62(117)37(9)89-68(123)45(25-34(4)5)94-71(126)48(29-105)97-70(125)47(27-57(115)116)95-73(128)52-17-15-23-104(52)78(133)50(31-107)99-67(122)43(18-20-53(81)110)92-74(129)58(83)39(11)108/h33-52,58-61,105-109,136H,13-32,83H2,1-12H3,(H2,81,110)(H2,82,111)(H,87,119)(H,88,120)(H,89,123)(H,90,112)(H,91,121)(H,92,129)(H,93,127)(H,94,126)(H,95,128)(H,96,131)(H,97,125)(H,98,130)(H,99,122)(H,100,124)(H,101,117)(H,102,132)(H,103,118)(H,113,114)(H,115,116)(H,134,135)(H4,84,85,86)/t36-,37-,38-,39+,40+,41-,42-,43-,44-,45-,46-,47-,48-,49-,50-,51-,52-,58-,59-,60-,61-/m0/s1. The Bertz CT molecular complexity index is 4200. The van der Waals surface area contributed by atoms with E-state index < -0.39 is 357 Å². The molecule has 768 valence electrons. The van der Waals surface area contributed by atoms with Crippen molar-refractivity contribution in [2.24, 2.45) is 46.6 Å². The molecule has 0 aromatic heterocycles. The van der Waals surface area contributed by atoms with Crippen LogP contribution in [-0.2, 0) is 110 Å². The maximum Gasteiger partial charge on any atom is 0.327 e. The topological polar surface area (TPSA) is 902 Å². The van der Waals surface area contributed by atoms with Gasteiger partial charge < -0.3 is 164 Å². The van der Waals surface area contributed by atoms with Crippen LogP contribution in [-0.4, -0.2) is 354 Å². The third-order valence-electron chi connectivity index (χ3n) is 20.9. The van der Waals surface area contributed by atoms with Crippen LogP contribution >= 0.6 is 12.6 Å². The molecule has 0 saturated carbocycles. The van der Waals surface area contributed by atoms with Crippen LogP contribution in [0.15, 0.2) is 0 Å². The fourth-order valence-electron chi connectivity index (χ4n) is 13.0. The number of carbonyl (C=O) groups is 23. The minimum absolute atomic E-state index is 0.0526. The van der Waals surface area contributed by atoms with Crippen molar-refractivity contribution in [3.8, 4) is 0 Å². The van der Waals surface area contributed by atoms with E-state index in [1.54, 1.807) is 34.6 Å². The molecule has 0 radical (unpaired) electrons. The third-order valence-corrected chi connectivity index (χ3v) is 21.2. The first-order valence-electron chi connectivity index (χ1n) is 43.7. The van der Waals surface area contributed by atoms with Gasteiger partial charge in [-0.3, -0.25) is 111 Å². The van der Waals surface area contributed by atoms with Crippen molar-refractivity contribution in [3.05, 3.63) is 0 Å². The molecule has 1 aliphatic heterocycles. The Labute approximate surface area is 787 Å². The van der Waals surface area contributed by atoms with E-state index in [2.05, 4.69) is 108 Å². The molecule has 0 bridgehead atoms. The van der Waals surface area contributed by atoms with Crippen LogP contribution in [0, 0.1) is 29.1 Å². The second kappa shape index (κ2) is 60.5. The maximum atomic E-state index is 14.1. The Morgan fingerprint density at radius 2 is 0.816 bits per heavy atom. The number of aliphatic hydroxyl groups excluding tert-OH is 5. The summed E-state index contributed by atoms with van der Waals surface area (Å²) in [5.41, 5.74) is 21.6. The molecule has 136 heavy (non-hydrogen) atoms. The number of nitrogens with zero attached hydrogens (tertiary/aromatic N) is 1. The first kappa shape index (κ1) is 121. The molecule has 0 aliphatic carbocycles. The van der Waals surface area contributed by atoms with Gasteiger partial charge in [0.25, 0.3) is 0 Å². The van der Waals surface area contributed by atoms with Gasteiger partial charge in [-0.05, 0) is 103 Å². The largest absolute Gasteiger partial charge is 0.481 e. The zero-order valence-electron chi connectivity index (χ0n) is 77.7. The Balaban J connectivity index is 3.36. The minimum atomic E-state index is -2.04. The molecule has 20 amide bonds. The van der Waals surface area contributed by atoms with Crippen LogP contribution in [0.25, 0.3) is 0 Å². The van der Waals surface area contributed by atoms with Crippen LogP contribution in [0.3, 0.4) is 0 Å². The zero-order chi connectivity index (χ0) is 104. The molecule has 1 heterocycles. The fourth-order valence-corrected chi connectivity index (χ4v) is 13.2. The number of primary amides is 2. The smallest absolute Gasteiger partial charge is 0.327 e. The molecule has 0 aromatic carbocycles. The summed E-state index contributed by atoms with van der Waals surface area (Å²) in [6.07, 6.45) is -8.02. The summed E-state index contributed by atoms with van der Waals surface area (Å²) in [6, 6.07) is -30.4. The van der Waals surface area contributed by atoms with Gasteiger partial charge in [0, 0.05) is 31.7 Å². The van der Waals surface area contributed by atoms with Gasteiger partial charge in [-0.1, -0.05) is 61.8 Å². The normalized spacial score (nSPS) is 16.7. The van der Waals surface area contributed by atoms with Crippen molar-refractivity contribution >= 4 is 155 Å². The number of rotatable bonds is 63. The lowest BCUT2D eigenvalue weighted by atomic mass is 9.96. The molecule has 55 nitrogen and oxygen atoms in total. The fraction of sp³-hybridized carbons (Fsp3) is 0.700. The van der Waals surface area contributed by atoms with Gasteiger partial charge in [0.15, 0.2) is 5.96 Å². The van der Waals surface area contributed by atoms with E-state index in [9.17, 15) is 151 Å². The van der Waals surface area contributed by atoms with E-state index in [0.29, 0.717) is 0 Å². The summed E-state index contributed by atoms with van der Waals surface area (Å²) in [6.45, 7) is 12.4. The summed E-state index contributed by atoms with van der Waals surface area (Å²) in [5, 5.41) is 129. The van der Waals surface area contributed by atoms with Crippen molar-refractivity contribution in [3.63, 3.8) is 0 Å². The van der Waals surface area contributed by atoms with Crippen LogP contribution < -0.4 is 119 Å². The van der Waals surface area contributed by atoms with E-state index in [1.165, 1.54) is 34.6 Å². The number of likely N-dealkylation sites (tertiary alicyclic amines) is 1. The number of carboxylic acids is 3. The predicted molar refractivity (Wildman–Crippen MR) is 478 cm³/mol. The average Bonchev–Trinajstić information content (AvgIpc) is 1.60. The second-order valence-electron chi connectivity index (χ2n) is 33.7. The van der Waals surface area contributed by atoms with E-state index in [0.717, 1.165) is 18.7 Å². The van der Waals surface area contributed by atoms with Crippen molar-refractivity contribution in [2.45, 2.75) is 288 Å². The molecule has 0 aromatic rings. The number of carboxylic acid groups (broad SMARTS) is 3. The number of nitrogens with one attached hydrogen (secondary N) is 19. The molecule has 1 fully saturated rings. The lowest BCUT2D eigenvalue weighted by molar-refractivity contribution is -0.145. The molecule has 56 heteroatoms. The summed E-state index contributed by atoms with van der Waals surface area (Å²) in [4.78, 5) is 308. The third kappa shape index (κ3) is 43.3. The Morgan fingerprint density at radius 1 is 0.412 bits per heavy atom. The van der Waals surface area contributed by atoms with Gasteiger partial charge in [0.2, 0.25) is 118 Å². The van der Waals surface area contributed by atoms with Gasteiger partial charge in [-0.25, -0.2) is 4.79 Å². The van der Waals surface area contributed by atoms with Crippen LogP contribution in [0.1, 0.15) is 167 Å². The van der Waals surface area contributed by atoms with Gasteiger partial charge in [-0.2, -0.15) is 12.6 Å². The summed E-state index contributed by atoms with van der Waals surface area (Å²) in [5.74, 6) is -30.4. The van der Waals surface area contributed by atoms with Gasteiger partial charge >= 0.3 is 17.9 Å². The van der Waals surface area contributed by atoms with E-state index in [4.69, 9.17) is 28.3 Å². The van der Waals surface area contributed by atoms with Crippen molar-refractivity contribution < 1.29 is 151 Å². The highest BCUT2D eigenvalue weighted by atomic mass is 32.1. The minimum Gasteiger partial charge on any atom is -0.481 e. The number of nitrogens with two attached hydrogens (primary N) is 4. The molecule has 0 spiro atoms. The summed E-state index contributed by atoms with van der Waals surface area (Å²) < 4.78 is 0. The van der Waals surface area contributed by atoms with Crippen molar-refractivity contribution in [1.82, 2.24) is 101 Å². The van der Waals surface area contributed by atoms with E-state index in [-0.39, 0.29) is 58.0 Å². The van der Waals surface area contributed by atoms with Crippen LogP contribution in [0.4, 0.5) is 0 Å². The number of thiol groups is 1. The van der Waals surface area contributed by atoms with Gasteiger partial charge in [0.1, 0.15) is 109 Å². The summed E-state index contributed by atoms with van der Waals surface area (Å²) in [7, 11) is 0. The number of aliphatic hydroxyl groups is 5. The molecule has 21 atom stereocenters. The molecular weight excluding hydrogens is 1830 g/mol. The van der Waals surface area contributed by atoms with Crippen molar-refractivity contribution in [1.29, 1.82) is 5.41 Å². The molecule has 1 aliphatic rings. The number of hydrogen-bond acceptors (Lipinski definition) is 31. The van der Waals surface area contributed by atoms with Gasteiger partial charge in [-0.15, -0.1) is 0 Å². The number of amides is 20. The highest BCUT2D eigenvalue weighted by Crippen LogP contribution is 2.21. The van der Waals surface area contributed by atoms with Crippen LogP contribution in [0.5, 0.6) is 0 Å². The Kier molecular flexibility index (Phi) is 53.9. The number of carbonyl (C=O) groups excluding carboxylic acids is 20. The monoisotopic (exact) mass is 1960 g/mol. The molecular formula is C80H136N24O31S. The number of aliphatic carboxylic acids is 3. The molecule has 1 saturated heterocycles. The molecule has 1 rings (SSSR count). The zero-order valence-corrected chi connectivity index (χ0v) is 78.6. The Morgan fingerprint density at radius 3 is 1.27 bits per heavy atom. The first-order valence-corrected chi connectivity index (χ1v) is 44.3. The quantitative estimate of drug-likeness (QED) is 0.0116. The van der Waals surface area contributed by atoms with Crippen molar-refractivity contribution in [2.75, 3.05) is 45.2 Å². The average molecular weight is 1960 g/mol. The SMILES string of the molecule is CC[C@H](C)[C@H](NC(=O)[C@@H](NC(=O)[C@H](C)NC(=O)[C@H](CCCNC(=N)N)NC(=O)[C@H](CCC(=O)O)NC(=O)CNC(=O)[C@H](CC(C)C)NC(=O)[C@H](CO)NC(=O)[C@@H](NC(=O)[C@H](C)NC(=O)[C@H](CC(C)C)NC(=O)[C@H](CO)NC(=O)[C@H](CC(=O)O)NC(=O)[C@@H]1CCCN1C(=O)[C@H](CO)NC(=O)[C@H](CCC(N)=O)NC(=O)[C@@H](N)[C@@H](C)O)C(C)C)[C@@H](C)O)C(=O)N[C@@H](CC(N)=O)C(=O)N[C@@H](CS)C(=O)O.